The first kappa shape index (κ1) is 20.7. The molecule has 2 N–H and O–H groups in total. The summed E-state index contributed by atoms with van der Waals surface area (Å²) in [6.07, 6.45) is 12.6. The van der Waals surface area contributed by atoms with Crippen molar-refractivity contribution in [2.75, 3.05) is 6.67 Å². The van der Waals surface area contributed by atoms with Crippen molar-refractivity contribution >= 4 is 11.8 Å². The minimum atomic E-state index is -0.262. The van der Waals surface area contributed by atoms with Gasteiger partial charge in [-0.15, -0.1) is 0 Å². The van der Waals surface area contributed by atoms with Crippen molar-refractivity contribution in [2.45, 2.75) is 78.1 Å². The molecule has 0 aromatic rings. The van der Waals surface area contributed by atoms with Gasteiger partial charge in [0.15, 0.2) is 0 Å². The standard InChI is InChI=1S/C18H34N2O2/c1-4-7-9-10-12-14-16(13-11-8-5-2)18(22)20-15-19-17(21)6-3/h6,16H,3-5,7-15H2,1-2H3,(H,19,21)(H,20,22). The van der Waals surface area contributed by atoms with Crippen LogP contribution in [0.4, 0.5) is 0 Å². The van der Waals surface area contributed by atoms with E-state index in [0.717, 1.165) is 25.7 Å². The second-order valence-corrected chi connectivity index (χ2v) is 5.86. The Hall–Kier alpha value is -1.32. The van der Waals surface area contributed by atoms with E-state index in [-0.39, 0.29) is 24.4 Å². The van der Waals surface area contributed by atoms with E-state index in [1.165, 1.54) is 44.6 Å². The van der Waals surface area contributed by atoms with Crippen LogP contribution in [0, 0.1) is 5.92 Å². The Morgan fingerprint density at radius 2 is 1.45 bits per heavy atom. The average molecular weight is 310 g/mol. The van der Waals surface area contributed by atoms with Gasteiger partial charge in [-0.3, -0.25) is 9.59 Å². The molecule has 0 heterocycles. The van der Waals surface area contributed by atoms with Gasteiger partial charge in [0, 0.05) is 5.92 Å². The summed E-state index contributed by atoms with van der Waals surface area (Å²) in [7, 11) is 0. The third-order valence-electron chi connectivity index (χ3n) is 3.89. The molecular weight excluding hydrogens is 276 g/mol. The van der Waals surface area contributed by atoms with Gasteiger partial charge in [-0.25, -0.2) is 0 Å². The van der Waals surface area contributed by atoms with Crippen LogP contribution in [0.5, 0.6) is 0 Å². The molecule has 2 amide bonds. The van der Waals surface area contributed by atoms with Crippen LogP contribution in [0.1, 0.15) is 78.1 Å². The molecule has 0 aliphatic rings. The maximum atomic E-state index is 12.2. The first-order chi connectivity index (χ1) is 10.7. The maximum absolute atomic E-state index is 12.2. The average Bonchev–Trinajstić information content (AvgIpc) is 2.52. The fraction of sp³-hybridized carbons (Fsp3) is 0.778. The van der Waals surface area contributed by atoms with E-state index in [2.05, 4.69) is 31.1 Å². The molecule has 0 fully saturated rings. The zero-order valence-corrected chi connectivity index (χ0v) is 14.5. The molecule has 1 unspecified atom stereocenters. The molecule has 0 rings (SSSR count). The summed E-state index contributed by atoms with van der Waals surface area (Å²) >= 11 is 0. The number of carbonyl (C=O) groups excluding carboxylic acids is 2. The van der Waals surface area contributed by atoms with Crippen molar-refractivity contribution in [2.24, 2.45) is 5.92 Å². The Balaban J connectivity index is 4.09. The molecule has 0 bridgehead atoms. The van der Waals surface area contributed by atoms with Crippen LogP contribution >= 0.6 is 0 Å². The van der Waals surface area contributed by atoms with Crippen LogP contribution in [0.25, 0.3) is 0 Å². The highest BCUT2D eigenvalue weighted by Crippen LogP contribution is 2.18. The summed E-state index contributed by atoms with van der Waals surface area (Å²) in [5.41, 5.74) is 0. The number of hydrogen-bond acceptors (Lipinski definition) is 2. The second-order valence-electron chi connectivity index (χ2n) is 5.86. The number of unbranched alkanes of at least 4 members (excludes halogenated alkanes) is 6. The quantitative estimate of drug-likeness (QED) is 0.290. The lowest BCUT2D eigenvalue weighted by Crippen LogP contribution is -2.39. The van der Waals surface area contributed by atoms with Crippen molar-refractivity contribution in [3.8, 4) is 0 Å². The normalized spacial score (nSPS) is 11.7. The molecule has 0 aromatic heterocycles. The molecule has 0 aliphatic heterocycles. The van der Waals surface area contributed by atoms with Gasteiger partial charge < -0.3 is 10.6 Å². The van der Waals surface area contributed by atoms with Crippen molar-refractivity contribution in [3.05, 3.63) is 12.7 Å². The first-order valence-electron chi connectivity index (χ1n) is 8.83. The summed E-state index contributed by atoms with van der Waals surface area (Å²) < 4.78 is 0. The van der Waals surface area contributed by atoms with Gasteiger partial charge in [0.25, 0.3) is 0 Å². The molecule has 128 valence electrons. The molecule has 0 aromatic carbocycles. The van der Waals surface area contributed by atoms with Gasteiger partial charge in [0.2, 0.25) is 11.8 Å². The van der Waals surface area contributed by atoms with Gasteiger partial charge in [-0.2, -0.15) is 0 Å². The van der Waals surface area contributed by atoms with E-state index in [4.69, 9.17) is 0 Å². The minimum Gasteiger partial charge on any atom is -0.338 e. The summed E-state index contributed by atoms with van der Waals surface area (Å²) in [6.45, 7) is 7.95. The lowest BCUT2D eigenvalue weighted by molar-refractivity contribution is -0.125. The number of rotatable bonds is 14. The molecular formula is C18H34N2O2. The van der Waals surface area contributed by atoms with Gasteiger partial charge in [-0.1, -0.05) is 71.8 Å². The van der Waals surface area contributed by atoms with Crippen LogP contribution < -0.4 is 10.6 Å². The topological polar surface area (TPSA) is 58.2 Å². The second kappa shape index (κ2) is 14.6. The summed E-state index contributed by atoms with van der Waals surface area (Å²) in [4.78, 5) is 23.3. The molecule has 0 saturated carbocycles. The fourth-order valence-corrected chi connectivity index (χ4v) is 2.48. The molecule has 4 heteroatoms. The van der Waals surface area contributed by atoms with Crippen molar-refractivity contribution in [1.29, 1.82) is 0 Å². The van der Waals surface area contributed by atoms with E-state index >= 15 is 0 Å². The fourth-order valence-electron chi connectivity index (χ4n) is 2.48. The molecule has 0 spiro atoms. The lowest BCUT2D eigenvalue weighted by Gasteiger charge is -2.17. The number of amides is 2. The Labute approximate surface area is 136 Å². The molecule has 1 atom stereocenters. The van der Waals surface area contributed by atoms with Crippen LogP contribution in [0.3, 0.4) is 0 Å². The van der Waals surface area contributed by atoms with Crippen molar-refractivity contribution in [1.82, 2.24) is 10.6 Å². The van der Waals surface area contributed by atoms with Gasteiger partial charge >= 0.3 is 0 Å². The third-order valence-corrected chi connectivity index (χ3v) is 3.89. The Morgan fingerprint density at radius 1 is 0.909 bits per heavy atom. The number of hydrogen-bond donors (Lipinski definition) is 2. The molecule has 0 radical (unpaired) electrons. The summed E-state index contributed by atoms with van der Waals surface area (Å²) in [5, 5.41) is 5.39. The molecule has 22 heavy (non-hydrogen) atoms. The molecule has 0 saturated heterocycles. The monoisotopic (exact) mass is 310 g/mol. The third kappa shape index (κ3) is 11.4. The smallest absolute Gasteiger partial charge is 0.244 e. The zero-order valence-electron chi connectivity index (χ0n) is 14.5. The first-order valence-corrected chi connectivity index (χ1v) is 8.83. The summed E-state index contributed by atoms with van der Waals surface area (Å²) in [6, 6.07) is 0. The van der Waals surface area contributed by atoms with Gasteiger partial charge in [0.05, 0.1) is 6.67 Å². The largest absolute Gasteiger partial charge is 0.338 e. The molecule has 0 aliphatic carbocycles. The van der Waals surface area contributed by atoms with E-state index in [0.29, 0.717) is 0 Å². The van der Waals surface area contributed by atoms with Gasteiger partial charge in [0.1, 0.15) is 0 Å². The van der Waals surface area contributed by atoms with Crippen molar-refractivity contribution < 1.29 is 9.59 Å². The van der Waals surface area contributed by atoms with Crippen LogP contribution in [-0.4, -0.2) is 18.5 Å². The summed E-state index contributed by atoms with van der Waals surface area (Å²) in [5.74, 6) is -0.118. The van der Waals surface area contributed by atoms with Crippen molar-refractivity contribution in [3.63, 3.8) is 0 Å². The van der Waals surface area contributed by atoms with Crippen LogP contribution in [0.2, 0.25) is 0 Å². The van der Waals surface area contributed by atoms with E-state index in [1.807, 2.05) is 0 Å². The SMILES string of the molecule is C=CC(=O)NCNC(=O)C(CCCCC)CCCCCCC. The van der Waals surface area contributed by atoms with E-state index in [1.54, 1.807) is 0 Å². The highest BCUT2D eigenvalue weighted by atomic mass is 16.2. The van der Waals surface area contributed by atoms with Gasteiger partial charge in [-0.05, 0) is 18.9 Å². The number of nitrogens with one attached hydrogen (secondary N) is 2. The van der Waals surface area contributed by atoms with Crippen LogP contribution in [0.15, 0.2) is 12.7 Å². The Morgan fingerprint density at radius 3 is 2.05 bits per heavy atom. The molecule has 4 nitrogen and oxygen atoms in total. The highest BCUT2D eigenvalue weighted by molar-refractivity contribution is 5.87. The predicted molar refractivity (Wildman–Crippen MR) is 92.4 cm³/mol. The zero-order chi connectivity index (χ0) is 16.6. The Bertz CT molecular complexity index is 316. The number of carbonyl (C=O) groups is 2. The van der Waals surface area contributed by atoms with E-state index < -0.39 is 0 Å². The Kier molecular flexibility index (Phi) is 13.7. The van der Waals surface area contributed by atoms with Crippen LogP contribution in [-0.2, 0) is 9.59 Å². The van der Waals surface area contributed by atoms with E-state index in [9.17, 15) is 9.59 Å². The highest BCUT2D eigenvalue weighted by Gasteiger charge is 2.17. The lowest BCUT2D eigenvalue weighted by atomic mass is 9.94. The minimum absolute atomic E-state index is 0.0657. The maximum Gasteiger partial charge on any atom is 0.244 e. The predicted octanol–water partition coefficient (Wildman–Crippen LogP) is 3.92.